The summed E-state index contributed by atoms with van der Waals surface area (Å²) in [7, 11) is 0. The Morgan fingerprint density at radius 2 is 0.683 bits per heavy atom. The van der Waals surface area contributed by atoms with Crippen molar-refractivity contribution < 1.29 is 77.2 Å². The molecule has 0 amide bonds. The van der Waals surface area contributed by atoms with Gasteiger partial charge in [-0.3, -0.25) is 39.1 Å². The van der Waals surface area contributed by atoms with Crippen LogP contribution in [0.1, 0.15) is 394 Å². The smallest absolute Gasteiger partial charge is 0.310 e. The number of hydrogen-bond donors (Lipinski definition) is 4. The molecule has 16 bridgehead atoms. The molecule has 142 heavy (non-hydrogen) atoms. The number of rotatable bonds is 74. The van der Waals surface area contributed by atoms with E-state index in [1.165, 1.54) is 41.8 Å². The molecule has 774 valence electrons. The molecule has 24 heteroatoms. The molecule has 11 rings (SSSR count). The highest BCUT2D eigenvalue weighted by molar-refractivity contribution is 6.15. The molecule has 0 radical (unpaired) electrons. The number of esters is 4. The van der Waals surface area contributed by atoms with Crippen LogP contribution in [0.2, 0.25) is 0 Å². The topological polar surface area (TPSA) is 284 Å². The largest absolute Gasteiger partial charge is 0.465 e. The zero-order valence-corrected chi connectivity index (χ0v) is 86.2. The van der Waals surface area contributed by atoms with Crippen molar-refractivity contribution in [2.75, 3.05) is 52.9 Å². The van der Waals surface area contributed by atoms with Crippen molar-refractivity contribution in [3.05, 3.63) is 238 Å². The van der Waals surface area contributed by atoms with Crippen LogP contribution in [0.3, 0.4) is 0 Å². The quantitative estimate of drug-likeness (QED) is 0.0102. The van der Waals surface area contributed by atoms with E-state index >= 15 is 0 Å². The molecule has 0 saturated carbocycles. The highest BCUT2D eigenvalue weighted by atomic mass is 17.2. The zero-order valence-electron chi connectivity index (χ0n) is 86.2. The molecule has 24 nitrogen and oxygen atoms in total. The van der Waals surface area contributed by atoms with Crippen molar-refractivity contribution in [2.24, 2.45) is 20.0 Å². The first-order valence-electron chi connectivity index (χ1n) is 54.5. The molecular weight excluding hydrogens is 1790 g/mol. The highest BCUT2D eigenvalue weighted by Gasteiger charge is 2.40. The van der Waals surface area contributed by atoms with E-state index < -0.39 is 18.0 Å². The standard InChI is InChI=1S/C118H166N8O16/c1-9-17-21-33-45-68-131-113(127)81-97-96(59-44-32-28-40-52-75-142-138-16-8)110-85-109-94(57-42-30-26-38-50-73-140-136-14-6)93(56-41-29-25-37-49-72-139-135-13-5)105(123-109)77-89-60-64-101(119-89)117(103-66-62-91(121-103)79-107(97)125-110)87-54-53-55-88(76-87)118-102-65-61-90(120-102)78-106-95(58-43-31-27-39-51-74-141-137-15-7)98(82-114(128)132-69-46-34-22-18-10-2)111(124-106)86-112-100(84-116(130)134-71-48-36-24-20-12-4)99(83-115(129)133-70-47-35-23-19-11-3)108(126-112)80-92-63-67-104(118)122-92/h13-16,53-55,60-67,76-80,102-103,110-111,117-122H,5-12,17-52,56-59,68-75,81-86H2,1-4H3/b90-78-,91-79-,105-77-,108-80-. The molecule has 8 aliphatic rings. The summed E-state index contributed by atoms with van der Waals surface area (Å²) in [4.78, 5) is 131. The van der Waals surface area contributed by atoms with E-state index in [-0.39, 0.29) is 87.2 Å². The first kappa shape index (κ1) is 112. The third kappa shape index (κ3) is 37.2. The number of benzene rings is 1. The Morgan fingerprint density at radius 3 is 1.11 bits per heavy atom. The fraction of sp³-hybridized carbons (Fsp3) is 0.576. The summed E-state index contributed by atoms with van der Waals surface area (Å²) in [5, 5.41) is 8.12. The fourth-order valence-electron chi connectivity index (χ4n) is 20.5. The predicted octanol–water partition coefficient (Wildman–Crippen LogP) is 28.0. The molecular formula is C118H166N8O16. The molecule has 10 heterocycles. The molecule has 0 fully saturated rings. The second kappa shape index (κ2) is 64.9. The predicted molar refractivity (Wildman–Crippen MR) is 568 cm³/mol. The summed E-state index contributed by atoms with van der Waals surface area (Å²) in [6, 6.07) is 16.3. The van der Waals surface area contributed by atoms with Gasteiger partial charge >= 0.3 is 23.9 Å². The number of carbonyl (C=O) groups is 4. The molecule has 4 N–H and O–H groups in total. The van der Waals surface area contributed by atoms with Crippen LogP contribution < -0.4 is 10.6 Å². The molecule has 0 saturated heterocycles. The van der Waals surface area contributed by atoms with Crippen LogP contribution in [-0.4, -0.2) is 134 Å². The molecule has 0 spiro atoms. The van der Waals surface area contributed by atoms with Crippen molar-refractivity contribution >= 4 is 58.9 Å². The molecule has 8 aliphatic heterocycles. The Kier molecular flexibility index (Phi) is 51.0. The number of nitrogens with zero attached hydrogens (tertiary/aromatic N) is 4. The minimum atomic E-state index is -0.578. The average molecular weight is 1950 g/mol. The SMILES string of the molecule is C=COOCCCCCCCC1=C(CCCCCCCOOC=C)/C2=C/c3ccc([nH]3)C(c3cccc(C4c5ccc([nH]5)/C=C5\N=C(CC6N=C(/C=C7/C=CC4N7)C(CCCCCCCOOC=C)=C6CC(=O)OCCCCCCC)C(CC(=O)OCCCCCCC)=C5CC(=O)OCCCCCCC)c3)C3C=C/C(=C/C4=NC(CC1=N2)C(CCCCCCCOOC=C)=C4CC(=O)OCCCCCCC)N3. The van der Waals surface area contributed by atoms with Gasteiger partial charge in [-0.05, 0) is 219 Å². The Morgan fingerprint density at radius 1 is 0.345 bits per heavy atom. The Balaban J connectivity index is 1.03. The average Bonchev–Trinajstić information content (AvgIpc) is 1.61. The lowest BCUT2D eigenvalue weighted by Gasteiger charge is -2.27. The van der Waals surface area contributed by atoms with Crippen molar-refractivity contribution in [1.29, 1.82) is 0 Å². The van der Waals surface area contributed by atoms with Gasteiger partial charge in [0.2, 0.25) is 0 Å². The van der Waals surface area contributed by atoms with Crippen molar-refractivity contribution in [2.45, 2.75) is 385 Å². The Hall–Kier alpha value is -10.7. The van der Waals surface area contributed by atoms with Crippen LogP contribution in [-0.2, 0) is 77.2 Å². The second-order valence-electron chi connectivity index (χ2n) is 38.8. The maximum atomic E-state index is 14.7. The fourth-order valence-corrected chi connectivity index (χ4v) is 20.5. The van der Waals surface area contributed by atoms with Crippen molar-refractivity contribution in [3.8, 4) is 0 Å². The van der Waals surface area contributed by atoms with Gasteiger partial charge in [0.25, 0.3) is 0 Å². The van der Waals surface area contributed by atoms with Gasteiger partial charge in [0.15, 0.2) is 0 Å². The molecule has 6 unspecified atom stereocenters. The van der Waals surface area contributed by atoms with Crippen LogP contribution in [0.4, 0.5) is 0 Å². The number of aromatic amines is 2. The van der Waals surface area contributed by atoms with E-state index in [9.17, 15) is 19.2 Å². The first-order chi connectivity index (χ1) is 69.8. The number of aromatic nitrogens is 2. The molecule has 1 aromatic carbocycles. The summed E-state index contributed by atoms with van der Waals surface area (Å²) in [5.41, 5.74) is 20.0. The lowest BCUT2D eigenvalue weighted by Crippen LogP contribution is -2.31. The van der Waals surface area contributed by atoms with Crippen LogP contribution >= 0.6 is 0 Å². The third-order valence-electron chi connectivity index (χ3n) is 27.9. The van der Waals surface area contributed by atoms with E-state index in [4.69, 9.17) is 78.0 Å². The van der Waals surface area contributed by atoms with Gasteiger partial charge in [-0.1, -0.05) is 270 Å². The van der Waals surface area contributed by atoms with Crippen LogP contribution in [0.5, 0.6) is 0 Å². The van der Waals surface area contributed by atoms with Crippen molar-refractivity contribution in [1.82, 2.24) is 20.6 Å². The summed E-state index contributed by atoms with van der Waals surface area (Å²) >= 11 is 0. The number of nitrogens with one attached hydrogen (secondary N) is 4. The monoisotopic (exact) mass is 1950 g/mol. The summed E-state index contributed by atoms with van der Waals surface area (Å²) in [6.45, 7) is 26.5. The van der Waals surface area contributed by atoms with Crippen LogP contribution in [0, 0.1) is 0 Å². The third-order valence-corrected chi connectivity index (χ3v) is 27.9. The number of hydrogen-bond acceptors (Lipinski definition) is 22. The number of unbranched alkanes of at least 4 members (excludes halogenated alkanes) is 32. The number of carbonyl (C=O) groups excluding carboxylic acids is 4. The van der Waals surface area contributed by atoms with Gasteiger partial charge in [0.05, 0.1) is 126 Å². The van der Waals surface area contributed by atoms with Gasteiger partial charge in [-0.25, -0.2) is 0 Å². The van der Waals surface area contributed by atoms with E-state index in [0.29, 0.717) is 75.0 Å². The van der Waals surface area contributed by atoms with Gasteiger partial charge < -0.3 is 59.1 Å². The van der Waals surface area contributed by atoms with Crippen LogP contribution in [0.15, 0.2) is 224 Å². The lowest BCUT2D eigenvalue weighted by molar-refractivity contribution is -0.248. The van der Waals surface area contributed by atoms with Gasteiger partial charge in [0, 0.05) is 70.3 Å². The molecule has 6 atom stereocenters. The summed E-state index contributed by atoms with van der Waals surface area (Å²) < 4.78 is 24.7. The molecule has 2 aromatic heterocycles. The maximum Gasteiger partial charge on any atom is 0.310 e. The van der Waals surface area contributed by atoms with E-state index in [1.54, 1.807) is 0 Å². The number of fused-ring (bicyclic) bond motifs is 12. The number of ether oxygens (including phenoxy) is 4. The summed E-state index contributed by atoms with van der Waals surface area (Å²) in [5.74, 6) is -2.00. The van der Waals surface area contributed by atoms with Gasteiger partial charge in [0.1, 0.15) is 25.0 Å². The van der Waals surface area contributed by atoms with E-state index in [0.717, 1.165) is 361 Å². The second-order valence-corrected chi connectivity index (χ2v) is 38.8. The minimum Gasteiger partial charge on any atom is -0.465 e. The lowest BCUT2D eigenvalue weighted by atomic mass is 9.83. The summed E-state index contributed by atoms with van der Waals surface area (Å²) in [6.07, 6.45) is 65.9. The van der Waals surface area contributed by atoms with Gasteiger partial charge in [-0.15, -0.1) is 0 Å². The highest BCUT2D eigenvalue weighted by Crippen LogP contribution is 2.45. The minimum absolute atomic E-state index is 0.0206. The maximum absolute atomic E-state index is 14.7. The van der Waals surface area contributed by atoms with E-state index in [1.807, 2.05) is 6.08 Å². The number of H-pyrrole nitrogens is 2. The number of allylic oxidation sites excluding steroid dienone is 8. The van der Waals surface area contributed by atoms with E-state index in [2.05, 4.69) is 166 Å². The zero-order chi connectivity index (χ0) is 99.8. The Labute approximate surface area is 847 Å². The first-order valence-corrected chi connectivity index (χ1v) is 54.5. The molecule has 0 aliphatic carbocycles. The molecule has 3 aromatic rings. The Bertz CT molecular complexity index is 4970. The van der Waals surface area contributed by atoms with Crippen LogP contribution in [0.25, 0.3) is 12.2 Å². The normalized spacial score (nSPS) is 19.8. The number of aliphatic imine (C=N–C) groups is 4. The van der Waals surface area contributed by atoms with Crippen molar-refractivity contribution in [3.63, 3.8) is 0 Å². The van der Waals surface area contributed by atoms with Gasteiger partial charge in [-0.2, -0.15) is 19.6 Å².